The van der Waals surface area contributed by atoms with Gasteiger partial charge in [-0.15, -0.1) is 6.58 Å². The smallest absolute Gasteiger partial charge is 0.258 e. The van der Waals surface area contributed by atoms with E-state index in [0.29, 0.717) is 12.2 Å². The molecule has 4 heteroatoms. The SMILES string of the molecule is C=CC(C)NCc1cc(=O)n2ccccc2n1. The fourth-order valence-corrected chi connectivity index (χ4v) is 1.54. The van der Waals surface area contributed by atoms with Crippen molar-refractivity contribution in [3.63, 3.8) is 0 Å². The van der Waals surface area contributed by atoms with Crippen molar-refractivity contribution in [3.05, 3.63) is 59.2 Å². The van der Waals surface area contributed by atoms with Gasteiger partial charge < -0.3 is 5.32 Å². The van der Waals surface area contributed by atoms with E-state index in [1.54, 1.807) is 12.3 Å². The third kappa shape index (κ3) is 2.60. The topological polar surface area (TPSA) is 46.4 Å². The summed E-state index contributed by atoms with van der Waals surface area (Å²) in [5.74, 6) is 0. The van der Waals surface area contributed by atoms with Gasteiger partial charge in [0.15, 0.2) is 0 Å². The number of nitrogens with one attached hydrogen (secondary N) is 1. The van der Waals surface area contributed by atoms with Gasteiger partial charge in [0, 0.05) is 24.8 Å². The van der Waals surface area contributed by atoms with Gasteiger partial charge in [-0.2, -0.15) is 0 Å². The van der Waals surface area contributed by atoms with Crippen LogP contribution >= 0.6 is 0 Å². The van der Waals surface area contributed by atoms with Crippen molar-refractivity contribution in [2.24, 2.45) is 0 Å². The predicted octanol–water partition coefficient (Wildman–Crippen LogP) is 1.36. The largest absolute Gasteiger partial charge is 0.305 e. The Morgan fingerprint density at radius 3 is 3.18 bits per heavy atom. The molecule has 1 atom stereocenters. The van der Waals surface area contributed by atoms with Gasteiger partial charge >= 0.3 is 0 Å². The standard InChI is InChI=1S/C13H15N3O/c1-3-10(2)14-9-11-8-13(17)16-7-5-4-6-12(16)15-11/h3-8,10,14H,1,9H2,2H3. The molecule has 0 aromatic carbocycles. The second kappa shape index (κ2) is 4.93. The van der Waals surface area contributed by atoms with E-state index in [2.05, 4.69) is 16.9 Å². The minimum atomic E-state index is -0.0568. The Hall–Kier alpha value is -1.94. The van der Waals surface area contributed by atoms with Gasteiger partial charge in [-0.3, -0.25) is 9.20 Å². The van der Waals surface area contributed by atoms with E-state index in [0.717, 1.165) is 5.69 Å². The van der Waals surface area contributed by atoms with Crippen LogP contribution in [0.3, 0.4) is 0 Å². The Morgan fingerprint density at radius 2 is 2.41 bits per heavy atom. The Bertz CT molecular complexity index is 588. The first-order valence-electron chi connectivity index (χ1n) is 5.54. The van der Waals surface area contributed by atoms with Crippen molar-refractivity contribution in [2.45, 2.75) is 19.5 Å². The maximum absolute atomic E-state index is 11.8. The zero-order chi connectivity index (χ0) is 12.3. The molecule has 0 aliphatic carbocycles. The molecule has 0 spiro atoms. The van der Waals surface area contributed by atoms with E-state index < -0.39 is 0 Å². The highest BCUT2D eigenvalue weighted by molar-refractivity contribution is 5.37. The zero-order valence-corrected chi connectivity index (χ0v) is 9.76. The van der Waals surface area contributed by atoms with E-state index in [1.807, 2.05) is 31.2 Å². The van der Waals surface area contributed by atoms with Gasteiger partial charge in [0.2, 0.25) is 0 Å². The molecule has 0 radical (unpaired) electrons. The van der Waals surface area contributed by atoms with Crippen LogP contribution in [0.5, 0.6) is 0 Å². The number of pyridine rings is 1. The lowest BCUT2D eigenvalue weighted by Gasteiger charge is -2.08. The molecule has 2 rings (SSSR count). The summed E-state index contributed by atoms with van der Waals surface area (Å²) in [4.78, 5) is 16.2. The van der Waals surface area contributed by atoms with E-state index >= 15 is 0 Å². The second-order valence-corrected chi connectivity index (χ2v) is 3.92. The maximum Gasteiger partial charge on any atom is 0.258 e. The van der Waals surface area contributed by atoms with Crippen molar-refractivity contribution in [1.29, 1.82) is 0 Å². The first-order chi connectivity index (χ1) is 8.20. The predicted molar refractivity (Wildman–Crippen MR) is 68.0 cm³/mol. The number of aromatic nitrogens is 2. The third-order valence-electron chi connectivity index (χ3n) is 2.58. The molecule has 4 nitrogen and oxygen atoms in total. The Labute approximate surface area is 99.6 Å². The number of rotatable bonds is 4. The molecule has 17 heavy (non-hydrogen) atoms. The average Bonchev–Trinajstić information content (AvgIpc) is 2.36. The molecule has 0 saturated carbocycles. The fraction of sp³-hybridized carbons (Fsp3) is 0.231. The van der Waals surface area contributed by atoms with Gasteiger partial charge in [-0.25, -0.2) is 4.98 Å². The van der Waals surface area contributed by atoms with E-state index in [4.69, 9.17) is 0 Å². The Morgan fingerprint density at radius 1 is 1.59 bits per heavy atom. The molecule has 0 saturated heterocycles. The number of hydrogen-bond donors (Lipinski definition) is 1. The molecular weight excluding hydrogens is 214 g/mol. The Balaban J connectivity index is 2.30. The minimum absolute atomic E-state index is 0.0568. The number of hydrogen-bond acceptors (Lipinski definition) is 3. The summed E-state index contributed by atoms with van der Waals surface area (Å²) in [5.41, 5.74) is 1.36. The second-order valence-electron chi connectivity index (χ2n) is 3.92. The molecule has 2 heterocycles. The molecule has 2 aromatic rings. The average molecular weight is 229 g/mol. The summed E-state index contributed by atoms with van der Waals surface area (Å²) in [7, 11) is 0. The molecule has 0 aliphatic rings. The molecule has 0 amide bonds. The molecule has 1 N–H and O–H groups in total. The lowest BCUT2D eigenvalue weighted by atomic mass is 10.3. The van der Waals surface area contributed by atoms with Gasteiger partial charge in [0.05, 0.1) is 5.69 Å². The van der Waals surface area contributed by atoms with Gasteiger partial charge in [0.25, 0.3) is 5.56 Å². The van der Waals surface area contributed by atoms with Crippen LogP contribution in [-0.2, 0) is 6.54 Å². The van der Waals surface area contributed by atoms with Gasteiger partial charge in [-0.05, 0) is 19.1 Å². The molecule has 0 bridgehead atoms. The van der Waals surface area contributed by atoms with Crippen molar-refractivity contribution < 1.29 is 0 Å². The van der Waals surface area contributed by atoms with Crippen LogP contribution in [0.1, 0.15) is 12.6 Å². The molecule has 88 valence electrons. The van der Waals surface area contributed by atoms with E-state index in [1.165, 1.54) is 4.40 Å². The summed E-state index contributed by atoms with van der Waals surface area (Å²) in [6, 6.07) is 7.25. The van der Waals surface area contributed by atoms with Crippen LogP contribution in [0.15, 0.2) is 47.9 Å². The first-order valence-corrected chi connectivity index (χ1v) is 5.54. The van der Waals surface area contributed by atoms with Crippen molar-refractivity contribution in [1.82, 2.24) is 14.7 Å². The zero-order valence-electron chi connectivity index (χ0n) is 9.76. The number of nitrogens with zero attached hydrogens (tertiary/aromatic N) is 2. The molecule has 2 aromatic heterocycles. The highest BCUT2D eigenvalue weighted by Gasteiger charge is 2.02. The van der Waals surface area contributed by atoms with Crippen molar-refractivity contribution >= 4 is 5.65 Å². The maximum atomic E-state index is 11.8. The summed E-state index contributed by atoms with van der Waals surface area (Å²) in [6.07, 6.45) is 3.53. The van der Waals surface area contributed by atoms with Crippen LogP contribution < -0.4 is 10.9 Å². The summed E-state index contributed by atoms with van der Waals surface area (Å²) >= 11 is 0. The van der Waals surface area contributed by atoms with Crippen LogP contribution in [0.2, 0.25) is 0 Å². The minimum Gasteiger partial charge on any atom is -0.305 e. The monoisotopic (exact) mass is 229 g/mol. The van der Waals surface area contributed by atoms with Crippen LogP contribution in [0.25, 0.3) is 5.65 Å². The van der Waals surface area contributed by atoms with E-state index in [-0.39, 0.29) is 11.6 Å². The van der Waals surface area contributed by atoms with Crippen LogP contribution in [-0.4, -0.2) is 15.4 Å². The molecule has 0 aliphatic heterocycles. The van der Waals surface area contributed by atoms with Gasteiger partial charge in [-0.1, -0.05) is 12.1 Å². The third-order valence-corrected chi connectivity index (χ3v) is 2.58. The van der Waals surface area contributed by atoms with E-state index in [9.17, 15) is 4.79 Å². The quantitative estimate of drug-likeness (QED) is 0.805. The molecular formula is C13H15N3O. The lowest BCUT2D eigenvalue weighted by molar-refractivity contribution is 0.624. The Kier molecular flexibility index (Phi) is 3.35. The van der Waals surface area contributed by atoms with Crippen molar-refractivity contribution in [3.8, 4) is 0 Å². The molecule has 0 fully saturated rings. The first kappa shape index (κ1) is 11.5. The van der Waals surface area contributed by atoms with Crippen molar-refractivity contribution in [2.75, 3.05) is 0 Å². The summed E-state index contributed by atoms with van der Waals surface area (Å²) in [6.45, 7) is 6.26. The highest BCUT2D eigenvalue weighted by Crippen LogP contribution is 1.98. The van der Waals surface area contributed by atoms with Gasteiger partial charge in [0.1, 0.15) is 5.65 Å². The summed E-state index contributed by atoms with van der Waals surface area (Å²) in [5, 5.41) is 3.21. The highest BCUT2D eigenvalue weighted by atomic mass is 16.1. The fourth-order valence-electron chi connectivity index (χ4n) is 1.54. The molecule has 1 unspecified atom stereocenters. The van der Waals surface area contributed by atoms with Crippen LogP contribution in [0.4, 0.5) is 0 Å². The number of fused-ring (bicyclic) bond motifs is 1. The lowest BCUT2D eigenvalue weighted by Crippen LogP contribution is -2.25. The summed E-state index contributed by atoms with van der Waals surface area (Å²) < 4.78 is 1.53. The normalized spacial score (nSPS) is 12.5. The van der Waals surface area contributed by atoms with Crippen LogP contribution in [0, 0.1) is 0 Å².